The fourth-order valence-electron chi connectivity index (χ4n) is 3.18. The van der Waals surface area contributed by atoms with E-state index >= 15 is 0 Å². The van der Waals surface area contributed by atoms with Gasteiger partial charge in [0, 0.05) is 17.2 Å². The van der Waals surface area contributed by atoms with E-state index in [9.17, 15) is 18.5 Å². The van der Waals surface area contributed by atoms with Crippen LogP contribution in [0.1, 0.15) is 24.3 Å². The van der Waals surface area contributed by atoms with E-state index in [0.717, 1.165) is 17.2 Å². The van der Waals surface area contributed by atoms with Gasteiger partial charge in [0.1, 0.15) is 27.7 Å². The van der Waals surface area contributed by atoms with Gasteiger partial charge in [-0.2, -0.15) is 0 Å². The van der Waals surface area contributed by atoms with Crippen LogP contribution in [0.4, 0.5) is 11.4 Å². The van der Waals surface area contributed by atoms with Gasteiger partial charge in [0.25, 0.3) is 0 Å². The lowest BCUT2D eigenvalue weighted by molar-refractivity contribution is -0.386. The van der Waals surface area contributed by atoms with Gasteiger partial charge in [0.15, 0.2) is 9.84 Å². The molecule has 0 spiro atoms. The number of nitro benzene ring substituents is 1. The van der Waals surface area contributed by atoms with E-state index in [-0.39, 0.29) is 10.6 Å². The Balaban J connectivity index is 2.04. The van der Waals surface area contributed by atoms with Gasteiger partial charge >= 0.3 is 5.69 Å². The number of nitro groups is 1. The van der Waals surface area contributed by atoms with Crippen LogP contribution in [-0.4, -0.2) is 26.7 Å². The average molecular weight is 404 g/mol. The van der Waals surface area contributed by atoms with Crippen molar-refractivity contribution < 1.29 is 22.5 Å². The van der Waals surface area contributed by atoms with Crippen LogP contribution in [0.15, 0.2) is 45.7 Å². The van der Waals surface area contributed by atoms with Crippen molar-refractivity contribution in [3.8, 4) is 5.75 Å². The van der Waals surface area contributed by atoms with Crippen molar-refractivity contribution in [3.05, 3.63) is 57.8 Å². The number of nitrogens with one attached hydrogen (secondary N) is 1. The second-order valence-electron chi connectivity index (χ2n) is 6.50. The molecular weight excluding hydrogens is 384 g/mol. The van der Waals surface area contributed by atoms with Gasteiger partial charge in [0.05, 0.1) is 18.1 Å². The van der Waals surface area contributed by atoms with Gasteiger partial charge in [-0.05, 0) is 44.2 Å². The molecule has 1 unspecified atom stereocenters. The molecule has 0 fully saturated rings. The standard InChI is InChI=1S/C19H20N2O6S/c1-11-14-10-13(26-3)8-9-16(14)27-19(11)12(2)20-15-6-5-7-17(28(4,24)25)18(15)21(22)23/h5-10,12,20H,1-4H3. The van der Waals surface area contributed by atoms with Crippen molar-refractivity contribution in [1.82, 2.24) is 0 Å². The SMILES string of the molecule is COc1ccc2oc(C(C)Nc3cccc(S(C)(=O)=O)c3[N+](=O)[O-])c(C)c2c1. The summed E-state index contributed by atoms with van der Waals surface area (Å²) in [7, 11) is -2.18. The van der Waals surface area contributed by atoms with E-state index < -0.39 is 26.5 Å². The number of hydrogen-bond acceptors (Lipinski definition) is 7. The quantitative estimate of drug-likeness (QED) is 0.483. The lowest BCUT2D eigenvalue weighted by Crippen LogP contribution is -2.11. The molecule has 0 radical (unpaired) electrons. The minimum atomic E-state index is -3.76. The van der Waals surface area contributed by atoms with Crippen LogP contribution in [0.5, 0.6) is 5.75 Å². The van der Waals surface area contributed by atoms with E-state index in [2.05, 4.69) is 5.32 Å². The van der Waals surface area contributed by atoms with Gasteiger partial charge < -0.3 is 14.5 Å². The molecule has 3 aromatic rings. The average Bonchev–Trinajstić information content (AvgIpc) is 2.96. The van der Waals surface area contributed by atoms with Crippen molar-refractivity contribution in [1.29, 1.82) is 0 Å². The fourth-order valence-corrected chi connectivity index (χ4v) is 4.05. The van der Waals surface area contributed by atoms with Crippen LogP contribution in [0.2, 0.25) is 0 Å². The number of aryl methyl sites for hydroxylation is 1. The molecule has 0 amide bonds. The molecular formula is C19H20N2O6S. The number of ether oxygens (including phenoxy) is 1. The Hall–Kier alpha value is -3.07. The first-order valence-electron chi connectivity index (χ1n) is 8.44. The second kappa shape index (κ2) is 7.16. The Morgan fingerprint density at radius 2 is 1.96 bits per heavy atom. The lowest BCUT2D eigenvalue weighted by atomic mass is 10.1. The molecule has 0 aliphatic rings. The molecule has 8 nitrogen and oxygen atoms in total. The molecule has 0 saturated carbocycles. The number of anilines is 1. The third-order valence-electron chi connectivity index (χ3n) is 4.53. The molecule has 1 atom stereocenters. The highest BCUT2D eigenvalue weighted by Gasteiger charge is 2.28. The third kappa shape index (κ3) is 3.53. The first-order valence-corrected chi connectivity index (χ1v) is 10.3. The van der Waals surface area contributed by atoms with Crippen LogP contribution in [0.3, 0.4) is 0 Å². The number of methoxy groups -OCH3 is 1. The number of benzene rings is 2. The van der Waals surface area contributed by atoms with Crippen molar-refractivity contribution in [2.24, 2.45) is 0 Å². The van der Waals surface area contributed by atoms with Crippen LogP contribution in [0.25, 0.3) is 11.0 Å². The first kappa shape index (κ1) is 19.7. The van der Waals surface area contributed by atoms with E-state index in [0.29, 0.717) is 17.1 Å². The fraction of sp³-hybridized carbons (Fsp3) is 0.263. The van der Waals surface area contributed by atoms with Gasteiger partial charge in [-0.1, -0.05) is 6.07 Å². The molecule has 0 aliphatic carbocycles. The monoisotopic (exact) mass is 404 g/mol. The summed E-state index contributed by atoms with van der Waals surface area (Å²) in [5, 5.41) is 15.4. The normalized spacial score (nSPS) is 12.7. The van der Waals surface area contributed by atoms with Gasteiger partial charge in [0.2, 0.25) is 0 Å². The maximum Gasteiger partial charge on any atom is 0.310 e. The predicted octanol–water partition coefficient (Wildman–Crippen LogP) is 4.23. The van der Waals surface area contributed by atoms with E-state index in [1.165, 1.54) is 18.2 Å². The zero-order valence-electron chi connectivity index (χ0n) is 15.8. The summed E-state index contributed by atoms with van der Waals surface area (Å²) in [5.41, 5.74) is 1.17. The Morgan fingerprint density at radius 1 is 1.25 bits per heavy atom. The summed E-state index contributed by atoms with van der Waals surface area (Å²) in [4.78, 5) is 10.5. The summed E-state index contributed by atoms with van der Waals surface area (Å²) in [6.45, 7) is 3.68. The summed E-state index contributed by atoms with van der Waals surface area (Å²) >= 11 is 0. The summed E-state index contributed by atoms with van der Waals surface area (Å²) in [5.74, 6) is 1.29. The highest BCUT2D eigenvalue weighted by molar-refractivity contribution is 7.90. The van der Waals surface area contributed by atoms with E-state index in [1.807, 2.05) is 13.0 Å². The van der Waals surface area contributed by atoms with Crippen LogP contribution < -0.4 is 10.1 Å². The highest BCUT2D eigenvalue weighted by atomic mass is 32.2. The molecule has 28 heavy (non-hydrogen) atoms. The smallest absolute Gasteiger partial charge is 0.310 e. The molecule has 2 aromatic carbocycles. The van der Waals surface area contributed by atoms with Crippen LogP contribution in [-0.2, 0) is 9.84 Å². The van der Waals surface area contributed by atoms with Crippen molar-refractivity contribution >= 4 is 32.2 Å². The maximum atomic E-state index is 11.9. The minimum Gasteiger partial charge on any atom is -0.497 e. The Bertz CT molecular complexity index is 1170. The Morgan fingerprint density at radius 3 is 2.57 bits per heavy atom. The third-order valence-corrected chi connectivity index (χ3v) is 5.65. The topological polar surface area (TPSA) is 112 Å². The molecule has 0 aliphatic heterocycles. The second-order valence-corrected chi connectivity index (χ2v) is 8.49. The van der Waals surface area contributed by atoms with Gasteiger partial charge in [-0.15, -0.1) is 0 Å². The van der Waals surface area contributed by atoms with Crippen LogP contribution in [0, 0.1) is 17.0 Å². The predicted molar refractivity (Wildman–Crippen MR) is 106 cm³/mol. The molecule has 0 bridgehead atoms. The van der Waals surface area contributed by atoms with Crippen molar-refractivity contribution in [2.45, 2.75) is 24.8 Å². The molecule has 148 valence electrons. The molecule has 1 N–H and O–H groups in total. The number of rotatable bonds is 6. The van der Waals surface area contributed by atoms with E-state index in [1.54, 1.807) is 26.2 Å². The first-order chi connectivity index (χ1) is 13.1. The lowest BCUT2D eigenvalue weighted by Gasteiger charge is -2.15. The summed E-state index contributed by atoms with van der Waals surface area (Å²) in [6.07, 6.45) is 0.944. The molecule has 9 heteroatoms. The minimum absolute atomic E-state index is 0.109. The Labute approximate surface area is 162 Å². The maximum absolute atomic E-state index is 11.9. The zero-order valence-corrected chi connectivity index (χ0v) is 16.7. The number of nitrogens with zero attached hydrogens (tertiary/aromatic N) is 1. The number of hydrogen-bond donors (Lipinski definition) is 1. The van der Waals surface area contributed by atoms with Crippen LogP contribution >= 0.6 is 0 Å². The number of para-hydroxylation sites is 1. The Kier molecular flexibility index (Phi) is 5.03. The number of fused-ring (bicyclic) bond motifs is 1. The van der Waals surface area contributed by atoms with Gasteiger partial charge in [-0.3, -0.25) is 10.1 Å². The summed E-state index contributed by atoms with van der Waals surface area (Å²) in [6, 6.07) is 9.17. The molecule has 0 saturated heterocycles. The number of furan rings is 1. The van der Waals surface area contributed by atoms with Crippen molar-refractivity contribution in [2.75, 3.05) is 18.7 Å². The summed E-state index contributed by atoms with van der Waals surface area (Å²) < 4.78 is 35.0. The largest absolute Gasteiger partial charge is 0.497 e. The zero-order chi connectivity index (χ0) is 20.6. The van der Waals surface area contributed by atoms with Gasteiger partial charge in [-0.25, -0.2) is 8.42 Å². The number of sulfone groups is 1. The molecule has 1 heterocycles. The highest BCUT2D eigenvalue weighted by Crippen LogP contribution is 2.37. The van der Waals surface area contributed by atoms with Crippen molar-refractivity contribution in [3.63, 3.8) is 0 Å². The molecule has 1 aromatic heterocycles. The van der Waals surface area contributed by atoms with E-state index in [4.69, 9.17) is 9.15 Å². The molecule has 3 rings (SSSR count).